The van der Waals surface area contributed by atoms with Gasteiger partial charge in [0.05, 0.1) is 0 Å². The van der Waals surface area contributed by atoms with E-state index in [1.54, 1.807) is 12.1 Å². The van der Waals surface area contributed by atoms with Gasteiger partial charge < -0.3 is 10.6 Å². The maximum atomic E-state index is 12.7. The number of hydrogen-bond acceptors (Lipinski definition) is 2. The van der Waals surface area contributed by atoms with Crippen molar-refractivity contribution in [2.45, 2.75) is 38.1 Å². The summed E-state index contributed by atoms with van der Waals surface area (Å²) in [4.78, 5) is 11.6. The number of carbonyl (C=O) groups excluding carboxylic acids is 1. The normalized spacial score (nSPS) is 18.5. The van der Waals surface area contributed by atoms with Gasteiger partial charge in [-0.2, -0.15) is 0 Å². The Labute approximate surface area is 113 Å². The van der Waals surface area contributed by atoms with Gasteiger partial charge >= 0.3 is 0 Å². The van der Waals surface area contributed by atoms with E-state index in [0.29, 0.717) is 19.0 Å². The van der Waals surface area contributed by atoms with Crippen LogP contribution in [0.1, 0.15) is 31.2 Å². The third-order valence-electron chi connectivity index (χ3n) is 3.53. The fraction of sp³-hybridized carbons (Fsp3) is 0.533. The molecular weight excluding hydrogens is 243 g/mol. The largest absolute Gasteiger partial charge is 0.356 e. The van der Waals surface area contributed by atoms with Crippen molar-refractivity contribution >= 4 is 5.91 Å². The first-order valence-corrected chi connectivity index (χ1v) is 6.98. The minimum absolute atomic E-state index is 0.107. The number of rotatable bonds is 6. The molecule has 19 heavy (non-hydrogen) atoms. The molecule has 3 nitrogen and oxygen atoms in total. The lowest BCUT2D eigenvalue weighted by Gasteiger charge is -2.10. The molecule has 0 radical (unpaired) electrons. The highest BCUT2D eigenvalue weighted by atomic mass is 19.1. The van der Waals surface area contributed by atoms with Crippen molar-refractivity contribution in [2.24, 2.45) is 0 Å². The SMILES string of the molecule is O=C(CCC1CCCN1)NCCc1ccc(F)cc1. The molecule has 1 fully saturated rings. The van der Waals surface area contributed by atoms with Crippen LogP contribution in [0.25, 0.3) is 0 Å². The second-order valence-corrected chi connectivity index (χ2v) is 5.06. The Bertz CT molecular complexity index is 399. The van der Waals surface area contributed by atoms with Gasteiger partial charge in [-0.15, -0.1) is 0 Å². The van der Waals surface area contributed by atoms with Crippen LogP contribution < -0.4 is 10.6 Å². The van der Waals surface area contributed by atoms with Crippen molar-refractivity contribution in [3.8, 4) is 0 Å². The van der Waals surface area contributed by atoms with E-state index in [-0.39, 0.29) is 11.7 Å². The average Bonchev–Trinajstić information content (AvgIpc) is 2.92. The van der Waals surface area contributed by atoms with Gasteiger partial charge in [-0.3, -0.25) is 4.79 Å². The molecule has 1 heterocycles. The summed E-state index contributed by atoms with van der Waals surface area (Å²) in [7, 11) is 0. The topological polar surface area (TPSA) is 41.1 Å². The van der Waals surface area contributed by atoms with E-state index in [0.717, 1.165) is 24.9 Å². The molecule has 0 aromatic heterocycles. The Balaban J connectivity index is 1.59. The molecule has 2 rings (SSSR count). The zero-order valence-electron chi connectivity index (χ0n) is 11.1. The molecule has 0 aliphatic carbocycles. The molecule has 4 heteroatoms. The number of carbonyl (C=O) groups is 1. The first-order chi connectivity index (χ1) is 9.24. The lowest BCUT2D eigenvalue weighted by molar-refractivity contribution is -0.121. The number of hydrogen-bond donors (Lipinski definition) is 2. The molecule has 1 amide bonds. The summed E-state index contributed by atoms with van der Waals surface area (Å²) in [5.41, 5.74) is 1.04. The maximum absolute atomic E-state index is 12.7. The summed E-state index contributed by atoms with van der Waals surface area (Å²) in [5, 5.41) is 6.29. The van der Waals surface area contributed by atoms with E-state index in [1.807, 2.05) is 0 Å². The quantitative estimate of drug-likeness (QED) is 0.825. The fourth-order valence-corrected chi connectivity index (χ4v) is 2.39. The van der Waals surface area contributed by atoms with Crippen LogP contribution in [0.2, 0.25) is 0 Å². The van der Waals surface area contributed by atoms with Crippen molar-refractivity contribution in [3.63, 3.8) is 0 Å². The van der Waals surface area contributed by atoms with Gasteiger partial charge in [-0.1, -0.05) is 12.1 Å². The zero-order chi connectivity index (χ0) is 13.5. The summed E-state index contributed by atoms with van der Waals surface area (Å²) >= 11 is 0. The molecule has 104 valence electrons. The van der Waals surface area contributed by atoms with Crippen LogP contribution in [0, 0.1) is 5.82 Å². The lowest BCUT2D eigenvalue weighted by atomic mass is 10.1. The van der Waals surface area contributed by atoms with Gasteiger partial charge in [-0.25, -0.2) is 4.39 Å². The molecule has 1 unspecified atom stereocenters. The van der Waals surface area contributed by atoms with Crippen LogP contribution in [-0.2, 0) is 11.2 Å². The second-order valence-electron chi connectivity index (χ2n) is 5.06. The number of benzene rings is 1. The van der Waals surface area contributed by atoms with Gasteiger partial charge in [0, 0.05) is 19.0 Å². The van der Waals surface area contributed by atoms with Gasteiger partial charge in [0.1, 0.15) is 5.82 Å². The standard InChI is InChI=1S/C15H21FN2O/c16-13-5-3-12(4-6-13)9-11-18-15(19)8-7-14-2-1-10-17-14/h3-6,14,17H,1-2,7-11H2,(H,18,19). The van der Waals surface area contributed by atoms with Crippen molar-refractivity contribution in [1.82, 2.24) is 10.6 Å². The molecule has 0 spiro atoms. The first kappa shape index (κ1) is 14.0. The van der Waals surface area contributed by atoms with Crippen molar-refractivity contribution in [3.05, 3.63) is 35.6 Å². The Morgan fingerprint density at radius 3 is 2.84 bits per heavy atom. The lowest BCUT2D eigenvalue weighted by Crippen LogP contribution is -2.28. The van der Waals surface area contributed by atoms with Crippen molar-refractivity contribution < 1.29 is 9.18 Å². The van der Waals surface area contributed by atoms with E-state index in [4.69, 9.17) is 0 Å². The molecule has 0 saturated carbocycles. The maximum Gasteiger partial charge on any atom is 0.220 e. The van der Waals surface area contributed by atoms with E-state index in [1.165, 1.54) is 25.0 Å². The average molecular weight is 264 g/mol. The molecule has 0 bridgehead atoms. The second kappa shape index (κ2) is 7.24. The molecular formula is C15H21FN2O. The molecule has 1 aliphatic heterocycles. The Hall–Kier alpha value is -1.42. The highest BCUT2D eigenvalue weighted by Gasteiger charge is 2.14. The van der Waals surface area contributed by atoms with E-state index in [9.17, 15) is 9.18 Å². The highest BCUT2D eigenvalue weighted by Crippen LogP contribution is 2.10. The number of amides is 1. The van der Waals surface area contributed by atoms with Crippen LogP contribution in [0.4, 0.5) is 4.39 Å². The Morgan fingerprint density at radius 2 is 2.16 bits per heavy atom. The predicted molar refractivity (Wildman–Crippen MR) is 73.4 cm³/mol. The fourth-order valence-electron chi connectivity index (χ4n) is 2.39. The minimum atomic E-state index is -0.225. The number of nitrogens with one attached hydrogen (secondary N) is 2. The highest BCUT2D eigenvalue weighted by molar-refractivity contribution is 5.75. The molecule has 1 aliphatic rings. The zero-order valence-corrected chi connectivity index (χ0v) is 11.1. The van der Waals surface area contributed by atoms with Crippen molar-refractivity contribution in [2.75, 3.05) is 13.1 Å². The molecule has 1 aromatic carbocycles. The van der Waals surface area contributed by atoms with Crippen LogP contribution in [0.15, 0.2) is 24.3 Å². The van der Waals surface area contributed by atoms with Gasteiger partial charge in [0.15, 0.2) is 0 Å². The third kappa shape index (κ3) is 4.99. The predicted octanol–water partition coefficient (Wildman–Crippen LogP) is 2.02. The third-order valence-corrected chi connectivity index (χ3v) is 3.53. The smallest absolute Gasteiger partial charge is 0.220 e. The van der Waals surface area contributed by atoms with Gasteiger partial charge in [0.2, 0.25) is 5.91 Å². The van der Waals surface area contributed by atoms with Crippen LogP contribution in [0.3, 0.4) is 0 Å². The Morgan fingerprint density at radius 1 is 1.37 bits per heavy atom. The van der Waals surface area contributed by atoms with E-state index in [2.05, 4.69) is 10.6 Å². The minimum Gasteiger partial charge on any atom is -0.356 e. The molecule has 1 atom stereocenters. The molecule has 2 N–H and O–H groups in total. The monoisotopic (exact) mass is 264 g/mol. The summed E-state index contributed by atoms with van der Waals surface area (Å²) in [6.07, 6.45) is 4.65. The van der Waals surface area contributed by atoms with Gasteiger partial charge in [-0.05, 0) is 49.9 Å². The van der Waals surface area contributed by atoms with Crippen LogP contribution in [-0.4, -0.2) is 25.0 Å². The summed E-state index contributed by atoms with van der Waals surface area (Å²) < 4.78 is 12.7. The summed E-state index contributed by atoms with van der Waals surface area (Å²) in [6, 6.07) is 6.92. The van der Waals surface area contributed by atoms with Crippen LogP contribution >= 0.6 is 0 Å². The molecule has 1 saturated heterocycles. The number of halogens is 1. The van der Waals surface area contributed by atoms with Gasteiger partial charge in [0.25, 0.3) is 0 Å². The van der Waals surface area contributed by atoms with E-state index < -0.39 is 0 Å². The first-order valence-electron chi connectivity index (χ1n) is 6.98. The molecule has 1 aromatic rings. The summed E-state index contributed by atoms with van der Waals surface area (Å²) in [6.45, 7) is 1.69. The van der Waals surface area contributed by atoms with E-state index >= 15 is 0 Å². The van der Waals surface area contributed by atoms with Crippen LogP contribution in [0.5, 0.6) is 0 Å². The van der Waals surface area contributed by atoms with Crippen molar-refractivity contribution in [1.29, 1.82) is 0 Å². The Kier molecular flexibility index (Phi) is 5.33. The summed E-state index contributed by atoms with van der Waals surface area (Å²) in [5.74, 6) is -0.118.